The van der Waals surface area contributed by atoms with Crippen LogP contribution >= 0.6 is 35.4 Å². The average Bonchev–Trinajstić information content (AvgIpc) is 3.59. The van der Waals surface area contributed by atoms with E-state index in [-0.39, 0.29) is 16.6 Å². The number of ether oxygens (including phenoxy) is 1. The van der Waals surface area contributed by atoms with Crippen molar-refractivity contribution in [3.05, 3.63) is 100 Å². The molecule has 196 valence electrons. The van der Waals surface area contributed by atoms with Crippen LogP contribution in [0, 0.1) is 0 Å². The molecule has 0 aliphatic heterocycles. The Hall–Kier alpha value is -4.31. The van der Waals surface area contributed by atoms with Gasteiger partial charge in [-0.15, -0.1) is 0 Å². The molecule has 5 rings (SSSR count). The highest BCUT2D eigenvalue weighted by molar-refractivity contribution is 7.80. The molecule has 0 atom stereocenters. The number of rotatable bonds is 6. The van der Waals surface area contributed by atoms with Gasteiger partial charge in [0.1, 0.15) is 17.1 Å². The minimum Gasteiger partial charge on any atom is -0.494 e. The highest BCUT2D eigenvalue weighted by Gasteiger charge is 2.18. The molecule has 11 heteroatoms. The number of thiocarbonyl (C=S) groups is 1. The number of amides is 2. The number of methoxy groups -OCH3 is 1. The van der Waals surface area contributed by atoms with Gasteiger partial charge in [-0.25, -0.2) is 0 Å². The van der Waals surface area contributed by atoms with Gasteiger partial charge in [0.05, 0.1) is 22.8 Å². The molecule has 5 aromatic rings. The van der Waals surface area contributed by atoms with Gasteiger partial charge in [-0.2, -0.15) is 0 Å². The highest BCUT2D eigenvalue weighted by Crippen LogP contribution is 2.34. The highest BCUT2D eigenvalue weighted by atomic mass is 35.5. The van der Waals surface area contributed by atoms with Gasteiger partial charge >= 0.3 is 0 Å². The molecule has 0 spiro atoms. The quantitative estimate of drug-likeness (QED) is 0.180. The lowest BCUT2D eigenvalue weighted by atomic mass is 10.2. The van der Waals surface area contributed by atoms with Crippen molar-refractivity contribution in [1.82, 2.24) is 5.32 Å². The van der Waals surface area contributed by atoms with Gasteiger partial charge in [0, 0.05) is 22.7 Å². The van der Waals surface area contributed by atoms with Crippen molar-refractivity contribution in [3.63, 3.8) is 0 Å². The third-order valence-electron chi connectivity index (χ3n) is 5.63. The summed E-state index contributed by atoms with van der Waals surface area (Å²) in [5.74, 6) is -0.0258. The number of halogens is 2. The number of carbonyl (C=O) groups excluding carboxylic acids is 2. The summed E-state index contributed by atoms with van der Waals surface area (Å²) in [5.41, 5.74) is 2.11. The van der Waals surface area contributed by atoms with E-state index < -0.39 is 11.8 Å². The Labute approximate surface area is 237 Å². The van der Waals surface area contributed by atoms with Crippen LogP contribution in [-0.4, -0.2) is 24.0 Å². The first-order valence-electron chi connectivity index (χ1n) is 11.5. The van der Waals surface area contributed by atoms with E-state index in [0.29, 0.717) is 44.1 Å². The first-order chi connectivity index (χ1) is 18.8. The van der Waals surface area contributed by atoms with Crippen molar-refractivity contribution in [3.8, 4) is 17.1 Å². The molecule has 0 aliphatic rings. The van der Waals surface area contributed by atoms with E-state index in [1.807, 2.05) is 18.2 Å². The van der Waals surface area contributed by atoms with Crippen LogP contribution in [-0.2, 0) is 0 Å². The third-order valence-corrected chi connectivity index (χ3v) is 6.65. The maximum atomic E-state index is 12.7. The van der Waals surface area contributed by atoms with Gasteiger partial charge in [0.2, 0.25) is 0 Å². The molecular formula is C28H19Cl2N3O5S. The summed E-state index contributed by atoms with van der Waals surface area (Å²) >= 11 is 17.6. The topological polar surface area (TPSA) is 106 Å². The molecule has 0 fully saturated rings. The van der Waals surface area contributed by atoms with Gasteiger partial charge in [0.25, 0.3) is 11.8 Å². The van der Waals surface area contributed by atoms with E-state index in [4.69, 9.17) is 49.0 Å². The van der Waals surface area contributed by atoms with Gasteiger partial charge in [-0.3, -0.25) is 14.9 Å². The summed E-state index contributed by atoms with van der Waals surface area (Å²) in [6.45, 7) is 0. The van der Waals surface area contributed by atoms with Crippen LogP contribution in [0.4, 0.5) is 11.4 Å². The lowest BCUT2D eigenvalue weighted by Crippen LogP contribution is -2.33. The summed E-state index contributed by atoms with van der Waals surface area (Å²) in [4.78, 5) is 25.4. The molecule has 3 N–H and O–H groups in total. The van der Waals surface area contributed by atoms with Crippen molar-refractivity contribution in [2.24, 2.45) is 0 Å². The van der Waals surface area contributed by atoms with Crippen LogP contribution < -0.4 is 20.7 Å². The Morgan fingerprint density at radius 2 is 1.67 bits per heavy atom. The standard InChI is InChI=1S/C28H19Cl2N3O5S/c1-36-23-14-16(9-10-19(23)32-27(35)24-13-15-5-2-3-8-20(15)37-24)31-28(39)33-26(34)22-12-11-21(38-22)17-6-4-7-18(29)25(17)30/h2-14H,1H3,(H,32,35)(H2,31,33,34,39). The first-order valence-corrected chi connectivity index (χ1v) is 12.6. The minimum atomic E-state index is -0.557. The maximum absolute atomic E-state index is 12.7. The predicted octanol–water partition coefficient (Wildman–Crippen LogP) is 7.39. The van der Waals surface area contributed by atoms with Crippen LogP contribution in [0.1, 0.15) is 21.1 Å². The predicted molar refractivity (Wildman–Crippen MR) is 155 cm³/mol. The molecule has 0 aliphatic carbocycles. The maximum Gasteiger partial charge on any atom is 0.293 e. The number of hydrogen-bond donors (Lipinski definition) is 3. The number of furan rings is 2. The molecular weight excluding hydrogens is 561 g/mol. The average molecular weight is 580 g/mol. The van der Waals surface area contributed by atoms with E-state index >= 15 is 0 Å². The zero-order valence-corrected chi connectivity index (χ0v) is 22.5. The van der Waals surface area contributed by atoms with Crippen LogP contribution in [0.2, 0.25) is 10.0 Å². The number of carbonyl (C=O) groups is 2. The monoisotopic (exact) mass is 579 g/mol. The molecule has 2 aromatic heterocycles. The zero-order valence-electron chi connectivity index (χ0n) is 20.2. The molecule has 39 heavy (non-hydrogen) atoms. The van der Waals surface area contributed by atoms with Crippen LogP contribution in [0.15, 0.2) is 87.7 Å². The molecule has 2 amide bonds. The normalized spacial score (nSPS) is 10.7. The molecule has 3 aromatic carbocycles. The van der Waals surface area contributed by atoms with Crippen molar-refractivity contribution in [1.29, 1.82) is 0 Å². The van der Waals surface area contributed by atoms with Crippen LogP contribution in [0.5, 0.6) is 5.75 Å². The molecule has 0 saturated heterocycles. The molecule has 8 nitrogen and oxygen atoms in total. The molecule has 0 saturated carbocycles. The van der Waals surface area contributed by atoms with Crippen LogP contribution in [0.25, 0.3) is 22.3 Å². The van der Waals surface area contributed by atoms with Crippen molar-refractivity contribution in [2.45, 2.75) is 0 Å². The van der Waals surface area contributed by atoms with E-state index in [0.717, 1.165) is 5.39 Å². The van der Waals surface area contributed by atoms with E-state index in [1.165, 1.54) is 13.2 Å². The summed E-state index contributed by atoms with van der Waals surface area (Å²) in [7, 11) is 1.47. The zero-order chi connectivity index (χ0) is 27.5. The van der Waals surface area contributed by atoms with E-state index in [2.05, 4.69) is 16.0 Å². The Bertz CT molecular complexity index is 1700. The fourth-order valence-electron chi connectivity index (χ4n) is 3.78. The Kier molecular flexibility index (Phi) is 7.56. The summed E-state index contributed by atoms with van der Waals surface area (Å²) in [5, 5.41) is 9.79. The fraction of sp³-hybridized carbons (Fsp3) is 0.0357. The molecule has 0 bridgehead atoms. The number of nitrogens with one attached hydrogen (secondary N) is 3. The Morgan fingerprint density at radius 1 is 0.846 bits per heavy atom. The third kappa shape index (κ3) is 5.75. The molecule has 2 heterocycles. The lowest BCUT2D eigenvalue weighted by molar-refractivity contribution is 0.0950. The van der Waals surface area contributed by atoms with E-state index in [9.17, 15) is 9.59 Å². The minimum absolute atomic E-state index is 0.0276. The van der Waals surface area contributed by atoms with Crippen LogP contribution in [0.3, 0.4) is 0 Å². The van der Waals surface area contributed by atoms with E-state index in [1.54, 1.807) is 54.6 Å². The second-order valence-electron chi connectivity index (χ2n) is 8.19. The SMILES string of the molecule is COc1cc(NC(=S)NC(=O)c2ccc(-c3cccc(Cl)c3Cl)o2)ccc1NC(=O)c1cc2ccccc2o1. The van der Waals surface area contributed by atoms with Crippen molar-refractivity contribution < 1.29 is 23.2 Å². The molecule has 0 unspecified atom stereocenters. The summed E-state index contributed by atoms with van der Waals surface area (Å²) in [6, 6.07) is 22.2. The Morgan fingerprint density at radius 3 is 2.46 bits per heavy atom. The summed E-state index contributed by atoms with van der Waals surface area (Å²) < 4.78 is 16.7. The van der Waals surface area contributed by atoms with Crippen molar-refractivity contribution in [2.75, 3.05) is 17.7 Å². The van der Waals surface area contributed by atoms with Gasteiger partial charge in [-0.1, -0.05) is 47.5 Å². The van der Waals surface area contributed by atoms with Crippen molar-refractivity contribution >= 4 is 74.7 Å². The fourth-order valence-corrected chi connectivity index (χ4v) is 4.38. The number of fused-ring (bicyclic) bond motifs is 1. The van der Waals surface area contributed by atoms with Gasteiger partial charge < -0.3 is 24.2 Å². The lowest BCUT2D eigenvalue weighted by Gasteiger charge is -2.13. The first kappa shape index (κ1) is 26.3. The van der Waals surface area contributed by atoms with Gasteiger partial charge in [0.15, 0.2) is 16.6 Å². The number of benzene rings is 3. The summed E-state index contributed by atoms with van der Waals surface area (Å²) in [6.07, 6.45) is 0. The largest absolute Gasteiger partial charge is 0.494 e. The number of hydrogen-bond acceptors (Lipinski definition) is 6. The number of para-hydroxylation sites is 1. The molecule has 0 radical (unpaired) electrons. The Balaban J connectivity index is 1.23. The van der Waals surface area contributed by atoms with Gasteiger partial charge in [-0.05, 0) is 60.7 Å². The second kappa shape index (κ2) is 11.2. The second-order valence-corrected chi connectivity index (χ2v) is 9.38. The smallest absolute Gasteiger partial charge is 0.293 e. The number of anilines is 2.